The number of fused-ring (bicyclic) bond motifs is 1. The maximum Gasteiger partial charge on any atom is 0.490 e. The maximum absolute atomic E-state index is 12.9. The van der Waals surface area contributed by atoms with Crippen LogP contribution >= 0.6 is 11.6 Å². The molecule has 0 radical (unpaired) electrons. The second-order valence-corrected chi connectivity index (χ2v) is 8.62. The average molecular weight is 536 g/mol. The molecule has 1 aliphatic rings. The first-order valence-corrected chi connectivity index (χ1v) is 11.4. The molecule has 1 fully saturated rings. The number of alkyl halides is 3. The summed E-state index contributed by atoms with van der Waals surface area (Å²) in [5.41, 5.74) is 3.36. The van der Waals surface area contributed by atoms with Crippen molar-refractivity contribution in [2.45, 2.75) is 12.7 Å². The van der Waals surface area contributed by atoms with E-state index in [0.717, 1.165) is 41.2 Å². The van der Waals surface area contributed by atoms with Crippen molar-refractivity contribution in [3.63, 3.8) is 0 Å². The third kappa shape index (κ3) is 6.62. The molecular formula is C23H21ClF3N7O3. The van der Waals surface area contributed by atoms with Gasteiger partial charge in [-0.3, -0.25) is 14.8 Å². The third-order valence-electron chi connectivity index (χ3n) is 5.62. The Bertz CT molecular complexity index is 1380. The molecule has 37 heavy (non-hydrogen) atoms. The van der Waals surface area contributed by atoms with Crippen molar-refractivity contribution in [3.05, 3.63) is 71.1 Å². The number of rotatable bonds is 4. The first-order chi connectivity index (χ1) is 17.6. The van der Waals surface area contributed by atoms with Crippen molar-refractivity contribution >= 4 is 34.4 Å². The van der Waals surface area contributed by atoms with Crippen LogP contribution in [0.1, 0.15) is 16.1 Å². The molecule has 1 amide bonds. The van der Waals surface area contributed by atoms with Crippen molar-refractivity contribution < 1.29 is 27.9 Å². The molecule has 5 rings (SSSR count). The van der Waals surface area contributed by atoms with Crippen molar-refractivity contribution in [2.75, 3.05) is 26.2 Å². The molecular weight excluding hydrogens is 515 g/mol. The van der Waals surface area contributed by atoms with Gasteiger partial charge in [0.05, 0.1) is 23.6 Å². The van der Waals surface area contributed by atoms with Gasteiger partial charge in [-0.25, -0.2) is 9.48 Å². The highest BCUT2D eigenvalue weighted by atomic mass is 35.5. The lowest BCUT2D eigenvalue weighted by molar-refractivity contribution is -0.192. The van der Waals surface area contributed by atoms with Crippen LogP contribution in [-0.4, -0.2) is 84.3 Å². The van der Waals surface area contributed by atoms with Crippen molar-refractivity contribution in [2.24, 2.45) is 0 Å². The molecule has 194 valence electrons. The van der Waals surface area contributed by atoms with Gasteiger partial charge in [-0.05, 0) is 35.9 Å². The topological polar surface area (TPSA) is 120 Å². The highest BCUT2D eigenvalue weighted by molar-refractivity contribution is 6.30. The zero-order valence-electron chi connectivity index (χ0n) is 19.2. The van der Waals surface area contributed by atoms with E-state index in [1.807, 2.05) is 47.4 Å². The van der Waals surface area contributed by atoms with Crippen LogP contribution in [0.5, 0.6) is 0 Å². The number of benzene rings is 2. The minimum Gasteiger partial charge on any atom is -0.475 e. The Morgan fingerprint density at radius 2 is 1.73 bits per heavy atom. The van der Waals surface area contributed by atoms with Crippen LogP contribution < -0.4 is 0 Å². The number of H-pyrrole nitrogens is 1. The Labute approximate surface area is 213 Å². The molecule has 0 aliphatic carbocycles. The standard InChI is InChI=1S/C21H20ClN7O.C2HF3O2/c22-17-3-1-15(2-4-17)13-27-7-9-28(10-8-27)21(30)20-14-29(26-25-20)18-5-6-19-16(11-18)12-23-24-19;3-2(4,5)1(6)7/h1-6,11-12,14H,7-10,13H2,(H,23,24);(H,6,7). The van der Waals surface area contributed by atoms with E-state index in [9.17, 15) is 18.0 Å². The number of aromatic amines is 1. The van der Waals surface area contributed by atoms with Crippen molar-refractivity contribution in [1.82, 2.24) is 35.0 Å². The van der Waals surface area contributed by atoms with E-state index in [4.69, 9.17) is 21.5 Å². The summed E-state index contributed by atoms with van der Waals surface area (Å²) in [7, 11) is 0. The largest absolute Gasteiger partial charge is 0.490 e. The number of carboxylic acids is 1. The number of nitrogens with one attached hydrogen (secondary N) is 1. The lowest BCUT2D eigenvalue weighted by Gasteiger charge is -2.34. The van der Waals surface area contributed by atoms with Crippen molar-refractivity contribution in [1.29, 1.82) is 0 Å². The summed E-state index contributed by atoms with van der Waals surface area (Å²) in [6.07, 6.45) is -1.64. The van der Waals surface area contributed by atoms with Gasteiger partial charge in [0, 0.05) is 43.1 Å². The summed E-state index contributed by atoms with van der Waals surface area (Å²) in [5, 5.41) is 24.0. The number of hydrogen-bond acceptors (Lipinski definition) is 6. The van der Waals surface area contributed by atoms with E-state index in [-0.39, 0.29) is 5.91 Å². The SMILES string of the molecule is O=C(O)C(F)(F)F.O=C(c1cn(-c2ccc3[nH]ncc3c2)nn1)N1CCN(Cc2ccc(Cl)cc2)CC1. The van der Waals surface area contributed by atoms with Crippen LogP contribution in [0.2, 0.25) is 5.02 Å². The summed E-state index contributed by atoms with van der Waals surface area (Å²) >= 11 is 5.95. The highest BCUT2D eigenvalue weighted by Gasteiger charge is 2.38. The normalized spacial score (nSPS) is 14.3. The fraction of sp³-hybridized carbons (Fsp3) is 0.261. The summed E-state index contributed by atoms with van der Waals surface area (Å²) in [4.78, 5) is 26.0. The molecule has 2 N–H and O–H groups in total. The third-order valence-corrected chi connectivity index (χ3v) is 5.87. The van der Waals surface area contributed by atoms with Crippen LogP contribution in [0.25, 0.3) is 16.6 Å². The number of carboxylic acid groups (broad SMARTS) is 1. The first kappa shape index (κ1) is 26.1. The summed E-state index contributed by atoms with van der Waals surface area (Å²) < 4.78 is 33.4. The lowest BCUT2D eigenvalue weighted by Crippen LogP contribution is -2.48. The van der Waals surface area contributed by atoms with Gasteiger partial charge in [0.1, 0.15) is 0 Å². The van der Waals surface area contributed by atoms with E-state index in [1.54, 1.807) is 17.1 Å². The second kappa shape index (κ2) is 11.0. The smallest absolute Gasteiger partial charge is 0.475 e. The number of piperazine rings is 1. The number of carbonyl (C=O) groups is 2. The average Bonchev–Trinajstić information content (AvgIpc) is 3.55. The highest BCUT2D eigenvalue weighted by Crippen LogP contribution is 2.17. The van der Waals surface area contributed by atoms with Gasteiger partial charge in [-0.2, -0.15) is 18.3 Å². The Balaban J connectivity index is 0.000000405. The monoisotopic (exact) mass is 535 g/mol. The van der Waals surface area contributed by atoms with Crippen LogP contribution in [0.4, 0.5) is 13.2 Å². The van der Waals surface area contributed by atoms with Gasteiger partial charge in [0.25, 0.3) is 5.91 Å². The molecule has 4 aromatic rings. The van der Waals surface area contributed by atoms with E-state index in [2.05, 4.69) is 25.4 Å². The van der Waals surface area contributed by atoms with Gasteiger partial charge in [-0.1, -0.05) is 28.9 Å². The van der Waals surface area contributed by atoms with Crippen molar-refractivity contribution in [3.8, 4) is 5.69 Å². The zero-order valence-corrected chi connectivity index (χ0v) is 19.9. The van der Waals surface area contributed by atoms with Gasteiger partial charge >= 0.3 is 12.1 Å². The predicted octanol–water partition coefficient (Wildman–Crippen LogP) is 3.39. The molecule has 0 bridgehead atoms. The number of halogens is 4. The molecule has 2 aromatic carbocycles. The van der Waals surface area contributed by atoms with Gasteiger partial charge in [-0.15, -0.1) is 5.10 Å². The molecule has 1 saturated heterocycles. The molecule has 1 aliphatic heterocycles. The number of amides is 1. The molecule has 0 saturated carbocycles. The number of carbonyl (C=O) groups excluding carboxylic acids is 1. The summed E-state index contributed by atoms with van der Waals surface area (Å²) in [5.74, 6) is -2.84. The number of aliphatic carboxylic acids is 1. The summed E-state index contributed by atoms with van der Waals surface area (Å²) in [6.45, 7) is 3.83. The Kier molecular flexibility index (Phi) is 7.74. The molecule has 2 aromatic heterocycles. The van der Waals surface area contributed by atoms with Crippen LogP contribution in [0.15, 0.2) is 54.9 Å². The molecule has 3 heterocycles. The first-order valence-electron chi connectivity index (χ1n) is 11.0. The van der Waals surface area contributed by atoms with Gasteiger partial charge in [0.15, 0.2) is 5.69 Å². The Hall–Kier alpha value is -3.97. The molecule has 0 atom stereocenters. The van der Waals surface area contributed by atoms with E-state index in [1.165, 1.54) is 5.56 Å². The lowest BCUT2D eigenvalue weighted by atomic mass is 10.2. The maximum atomic E-state index is 12.9. The number of hydrogen-bond donors (Lipinski definition) is 2. The number of aromatic nitrogens is 5. The Morgan fingerprint density at radius 1 is 1.05 bits per heavy atom. The fourth-order valence-electron chi connectivity index (χ4n) is 3.68. The van der Waals surface area contributed by atoms with Gasteiger partial charge < -0.3 is 10.0 Å². The summed E-state index contributed by atoms with van der Waals surface area (Å²) in [6, 6.07) is 13.7. The number of nitrogens with zero attached hydrogens (tertiary/aromatic N) is 6. The van der Waals surface area contributed by atoms with E-state index < -0.39 is 12.1 Å². The zero-order chi connectivity index (χ0) is 26.6. The quantitative estimate of drug-likeness (QED) is 0.411. The molecule has 0 unspecified atom stereocenters. The van der Waals surface area contributed by atoms with E-state index in [0.29, 0.717) is 18.8 Å². The van der Waals surface area contributed by atoms with Crippen LogP contribution in [0.3, 0.4) is 0 Å². The fourth-order valence-corrected chi connectivity index (χ4v) is 3.81. The molecule has 14 heteroatoms. The minimum atomic E-state index is -5.08. The van der Waals surface area contributed by atoms with Crippen LogP contribution in [-0.2, 0) is 11.3 Å². The second-order valence-electron chi connectivity index (χ2n) is 8.19. The van der Waals surface area contributed by atoms with Crippen LogP contribution in [0, 0.1) is 0 Å². The minimum absolute atomic E-state index is 0.0863. The van der Waals surface area contributed by atoms with Gasteiger partial charge in [0.2, 0.25) is 0 Å². The molecule has 10 nitrogen and oxygen atoms in total. The molecule has 0 spiro atoms. The Morgan fingerprint density at radius 3 is 2.38 bits per heavy atom. The van der Waals surface area contributed by atoms with E-state index >= 15 is 0 Å². The predicted molar refractivity (Wildman–Crippen MR) is 127 cm³/mol.